The maximum Gasteiger partial charge on any atom is 0.303 e. The molecule has 0 saturated heterocycles. The fourth-order valence-electron chi connectivity index (χ4n) is 1.27. The maximum absolute atomic E-state index is 10.3. The molecule has 0 bridgehead atoms. The molecule has 0 aliphatic carbocycles. The Labute approximate surface area is 83.3 Å². The molecular formula is C11H14O3. The molecule has 0 aliphatic rings. The van der Waals surface area contributed by atoms with E-state index in [9.17, 15) is 4.79 Å². The number of carbonyl (C=O) groups is 1. The summed E-state index contributed by atoms with van der Waals surface area (Å²) in [5.74, 6) is 0.0747. The molecule has 0 saturated carbocycles. The standard InChI is InChI=1S/C11H14O3/c1-14-10-6-2-4-9(8-10)5-3-7-11(12)13/h2,4,6,8H,3,5,7H2,1H3,(H,12,13). The lowest BCUT2D eigenvalue weighted by molar-refractivity contribution is -0.137. The van der Waals surface area contributed by atoms with Crippen molar-refractivity contribution in [1.82, 2.24) is 0 Å². The van der Waals surface area contributed by atoms with Gasteiger partial charge >= 0.3 is 5.97 Å². The smallest absolute Gasteiger partial charge is 0.303 e. The summed E-state index contributed by atoms with van der Waals surface area (Å²) in [4.78, 5) is 10.3. The van der Waals surface area contributed by atoms with E-state index >= 15 is 0 Å². The van der Waals surface area contributed by atoms with Crippen LogP contribution in [0.25, 0.3) is 0 Å². The lowest BCUT2D eigenvalue weighted by atomic mass is 10.1. The Kier molecular flexibility index (Phi) is 3.98. The van der Waals surface area contributed by atoms with E-state index in [-0.39, 0.29) is 6.42 Å². The number of ether oxygens (including phenoxy) is 1. The SMILES string of the molecule is COc1cccc(CCCC(=O)O)c1. The zero-order valence-corrected chi connectivity index (χ0v) is 8.19. The summed E-state index contributed by atoms with van der Waals surface area (Å²) in [6, 6.07) is 7.70. The summed E-state index contributed by atoms with van der Waals surface area (Å²) >= 11 is 0. The number of benzene rings is 1. The fraction of sp³-hybridized carbons (Fsp3) is 0.364. The third-order valence-corrected chi connectivity index (χ3v) is 1.99. The number of aryl methyl sites for hydroxylation is 1. The average Bonchev–Trinajstić information content (AvgIpc) is 2.18. The van der Waals surface area contributed by atoms with Crippen LogP contribution in [0.2, 0.25) is 0 Å². The Morgan fingerprint density at radius 2 is 2.29 bits per heavy atom. The van der Waals surface area contributed by atoms with Gasteiger partial charge in [0, 0.05) is 6.42 Å². The number of rotatable bonds is 5. The van der Waals surface area contributed by atoms with Crippen LogP contribution in [0, 0.1) is 0 Å². The molecule has 14 heavy (non-hydrogen) atoms. The van der Waals surface area contributed by atoms with Gasteiger partial charge in [0.1, 0.15) is 5.75 Å². The monoisotopic (exact) mass is 194 g/mol. The Bertz CT molecular complexity index is 307. The predicted octanol–water partition coefficient (Wildman–Crippen LogP) is 2.10. The highest BCUT2D eigenvalue weighted by Crippen LogP contribution is 2.14. The third-order valence-electron chi connectivity index (χ3n) is 1.99. The molecule has 1 N–H and O–H groups in total. The van der Waals surface area contributed by atoms with Crippen LogP contribution in [0.1, 0.15) is 18.4 Å². The molecule has 0 fully saturated rings. The van der Waals surface area contributed by atoms with Crippen molar-refractivity contribution in [3.05, 3.63) is 29.8 Å². The topological polar surface area (TPSA) is 46.5 Å². The van der Waals surface area contributed by atoms with Gasteiger partial charge in [-0.3, -0.25) is 4.79 Å². The highest BCUT2D eigenvalue weighted by molar-refractivity contribution is 5.66. The van der Waals surface area contributed by atoms with Gasteiger partial charge in [-0.1, -0.05) is 12.1 Å². The summed E-state index contributed by atoms with van der Waals surface area (Å²) in [6.07, 6.45) is 1.67. The molecule has 0 unspecified atom stereocenters. The van der Waals surface area contributed by atoms with Gasteiger partial charge in [-0.2, -0.15) is 0 Å². The Morgan fingerprint density at radius 3 is 2.93 bits per heavy atom. The van der Waals surface area contributed by atoms with Gasteiger partial charge in [-0.05, 0) is 30.5 Å². The van der Waals surface area contributed by atoms with E-state index in [1.54, 1.807) is 7.11 Å². The summed E-state index contributed by atoms with van der Waals surface area (Å²) in [7, 11) is 1.62. The molecule has 0 heterocycles. The zero-order valence-electron chi connectivity index (χ0n) is 8.19. The minimum absolute atomic E-state index is 0.219. The maximum atomic E-state index is 10.3. The highest BCUT2D eigenvalue weighted by atomic mass is 16.5. The number of carboxylic acids is 1. The lowest BCUT2D eigenvalue weighted by Crippen LogP contribution is -1.96. The van der Waals surface area contributed by atoms with Gasteiger partial charge in [0.15, 0.2) is 0 Å². The Hall–Kier alpha value is -1.51. The molecule has 3 nitrogen and oxygen atoms in total. The van der Waals surface area contributed by atoms with E-state index in [0.717, 1.165) is 17.7 Å². The van der Waals surface area contributed by atoms with Crippen LogP contribution in [0.3, 0.4) is 0 Å². The summed E-state index contributed by atoms with van der Waals surface area (Å²) in [5, 5.41) is 8.47. The van der Waals surface area contributed by atoms with Crippen LogP contribution in [0.15, 0.2) is 24.3 Å². The molecule has 0 aliphatic heterocycles. The van der Waals surface area contributed by atoms with Crippen molar-refractivity contribution in [2.75, 3.05) is 7.11 Å². The van der Waals surface area contributed by atoms with Gasteiger partial charge in [-0.25, -0.2) is 0 Å². The van der Waals surface area contributed by atoms with Crippen LogP contribution in [0.5, 0.6) is 5.75 Å². The molecule has 1 aromatic rings. The van der Waals surface area contributed by atoms with Gasteiger partial charge in [0.2, 0.25) is 0 Å². The van der Waals surface area contributed by atoms with E-state index in [2.05, 4.69) is 0 Å². The molecule has 1 rings (SSSR count). The largest absolute Gasteiger partial charge is 0.497 e. The van der Waals surface area contributed by atoms with Gasteiger partial charge in [0.25, 0.3) is 0 Å². The van der Waals surface area contributed by atoms with Crippen LogP contribution >= 0.6 is 0 Å². The minimum atomic E-state index is -0.743. The van der Waals surface area contributed by atoms with Crippen molar-refractivity contribution >= 4 is 5.97 Å². The average molecular weight is 194 g/mol. The van der Waals surface area contributed by atoms with Crippen molar-refractivity contribution in [1.29, 1.82) is 0 Å². The first-order valence-corrected chi connectivity index (χ1v) is 4.57. The first kappa shape index (κ1) is 10.6. The lowest BCUT2D eigenvalue weighted by Gasteiger charge is -2.03. The molecule has 0 radical (unpaired) electrons. The molecule has 0 spiro atoms. The number of methoxy groups -OCH3 is 1. The van der Waals surface area contributed by atoms with Crippen molar-refractivity contribution < 1.29 is 14.6 Å². The normalized spacial score (nSPS) is 9.79. The molecule has 3 heteroatoms. The molecular weight excluding hydrogens is 180 g/mol. The summed E-state index contributed by atoms with van der Waals surface area (Å²) in [5.41, 5.74) is 1.12. The first-order chi connectivity index (χ1) is 6.72. The summed E-state index contributed by atoms with van der Waals surface area (Å²) in [6.45, 7) is 0. The van der Waals surface area contributed by atoms with Crippen LogP contribution in [-0.4, -0.2) is 18.2 Å². The second-order valence-corrected chi connectivity index (χ2v) is 3.10. The Balaban J connectivity index is 2.46. The molecule has 0 atom stereocenters. The third kappa shape index (κ3) is 3.47. The zero-order chi connectivity index (χ0) is 10.4. The van der Waals surface area contributed by atoms with Crippen LogP contribution in [0.4, 0.5) is 0 Å². The fourth-order valence-corrected chi connectivity index (χ4v) is 1.27. The quantitative estimate of drug-likeness (QED) is 0.780. The summed E-state index contributed by atoms with van der Waals surface area (Å²) < 4.78 is 5.07. The number of aliphatic carboxylic acids is 1. The number of hydrogen-bond donors (Lipinski definition) is 1. The van der Waals surface area contributed by atoms with Gasteiger partial charge < -0.3 is 9.84 Å². The van der Waals surface area contributed by atoms with Gasteiger partial charge in [-0.15, -0.1) is 0 Å². The second-order valence-electron chi connectivity index (χ2n) is 3.10. The number of hydrogen-bond acceptors (Lipinski definition) is 2. The second kappa shape index (κ2) is 5.27. The van der Waals surface area contributed by atoms with E-state index in [4.69, 9.17) is 9.84 Å². The van der Waals surface area contributed by atoms with Crippen molar-refractivity contribution in [3.63, 3.8) is 0 Å². The highest BCUT2D eigenvalue weighted by Gasteiger charge is 1.99. The first-order valence-electron chi connectivity index (χ1n) is 4.57. The van der Waals surface area contributed by atoms with E-state index < -0.39 is 5.97 Å². The van der Waals surface area contributed by atoms with Crippen molar-refractivity contribution in [2.24, 2.45) is 0 Å². The van der Waals surface area contributed by atoms with Crippen molar-refractivity contribution in [3.8, 4) is 5.75 Å². The Morgan fingerprint density at radius 1 is 1.50 bits per heavy atom. The molecule has 0 amide bonds. The molecule has 1 aromatic carbocycles. The molecule has 0 aromatic heterocycles. The van der Waals surface area contributed by atoms with Crippen LogP contribution in [-0.2, 0) is 11.2 Å². The van der Waals surface area contributed by atoms with Crippen molar-refractivity contribution in [2.45, 2.75) is 19.3 Å². The van der Waals surface area contributed by atoms with Gasteiger partial charge in [0.05, 0.1) is 7.11 Å². The number of carboxylic acid groups (broad SMARTS) is 1. The van der Waals surface area contributed by atoms with E-state index in [1.807, 2.05) is 24.3 Å². The van der Waals surface area contributed by atoms with E-state index in [1.165, 1.54) is 0 Å². The predicted molar refractivity (Wildman–Crippen MR) is 53.6 cm³/mol. The van der Waals surface area contributed by atoms with E-state index in [0.29, 0.717) is 6.42 Å². The minimum Gasteiger partial charge on any atom is -0.497 e. The molecule has 76 valence electrons. The van der Waals surface area contributed by atoms with Crippen LogP contribution < -0.4 is 4.74 Å².